The molecular formula is C24H30N2. The molecule has 0 saturated heterocycles. The topological polar surface area (TPSA) is 38.9 Å². The number of pyridine rings is 1. The van der Waals surface area contributed by atoms with E-state index in [1.165, 1.54) is 16.5 Å². The second kappa shape index (κ2) is 10.2. The van der Waals surface area contributed by atoms with Crippen LogP contribution in [0.5, 0.6) is 0 Å². The molecule has 2 aromatic carbocycles. The highest BCUT2D eigenvalue weighted by molar-refractivity contribution is 5.81. The van der Waals surface area contributed by atoms with Crippen molar-refractivity contribution in [1.82, 2.24) is 4.98 Å². The van der Waals surface area contributed by atoms with Crippen LogP contribution < -0.4 is 5.73 Å². The Morgan fingerprint density at radius 1 is 0.846 bits per heavy atom. The highest BCUT2D eigenvalue weighted by Crippen LogP contribution is 2.26. The highest BCUT2D eigenvalue weighted by atomic mass is 14.6. The zero-order valence-electron chi connectivity index (χ0n) is 16.6. The summed E-state index contributed by atoms with van der Waals surface area (Å²) in [7, 11) is 0. The first-order valence-corrected chi connectivity index (χ1v) is 8.94. The predicted molar refractivity (Wildman–Crippen MR) is 118 cm³/mol. The molecule has 0 aliphatic carbocycles. The number of hydrogen-bond acceptors (Lipinski definition) is 2. The summed E-state index contributed by atoms with van der Waals surface area (Å²) < 4.78 is 0. The zero-order chi connectivity index (χ0) is 19.7. The van der Waals surface area contributed by atoms with Crippen LogP contribution in [0.3, 0.4) is 0 Å². The van der Waals surface area contributed by atoms with Gasteiger partial charge in [-0.05, 0) is 49.1 Å². The minimum absolute atomic E-state index is 0.801. The van der Waals surface area contributed by atoms with Gasteiger partial charge in [-0.1, -0.05) is 69.5 Å². The Kier molecular flexibility index (Phi) is 8.30. The van der Waals surface area contributed by atoms with Gasteiger partial charge in [0.2, 0.25) is 0 Å². The first-order chi connectivity index (χ1) is 12.5. The first kappa shape index (κ1) is 21.2. The molecule has 0 saturated carbocycles. The molecule has 3 aromatic rings. The summed E-state index contributed by atoms with van der Waals surface area (Å²) in [5, 5.41) is 1.22. The maximum absolute atomic E-state index is 5.92. The standard InChI is InChI=1S/C12H15N.C10H9N.C2H6/c1-5-10-8(3)7-9(4)12(13)11(10)6-2;1-8-4-2-5-9-6-3-7-11-10(8)9;1-2/h5-7H,1-2,13H2,3-4H3;2-7H,1H3;1-2H3. The van der Waals surface area contributed by atoms with E-state index in [0.29, 0.717) is 0 Å². The Bertz CT molecular complexity index is 887. The van der Waals surface area contributed by atoms with Crippen molar-refractivity contribution in [3.8, 4) is 0 Å². The lowest BCUT2D eigenvalue weighted by atomic mass is 9.96. The number of hydrogen-bond donors (Lipinski definition) is 1. The lowest BCUT2D eigenvalue weighted by Crippen LogP contribution is -1.98. The third-order valence-electron chi connectivity index (χ3n) is 4.11. The molecule has 2 heteroatoms. The van der Waals surface area contributed by atoms with Gasteiger partial charge in [-0.3, -0.25) is 4.98 Å². The van der Waals surface area contributed by atoms with Gasteiger partial charge in [-0.25, -0.2) is 0 Å². The molecule has 0 unspecified atom stereocenters. The summed E-state index contributed by atoms with van der Waals surface area (Å²) in [6.07, 6.45) is 5.43. The second-order valence-corrected chi connectivity index (χ2v) is 5.81. The maximum atomic E-state index is 5.92. The quantitative estimate of drug-likeness (QED) is 0.522. The number of nitrogens with two attached hydrogens (primary N) is 1. The van der Waals surface area contributed by atoms with Gasteiger partial charge in [0, 0.05) is 22.8 Å². The second-order valence-electron chi connectivity index (χ2n) is 5.81. The van der Waals surface area contributed by atoms with Crippen molar-refractivity contribution in [2.24, 2.45) is 0 Å². The van der Waals surface area contributed by atoms with Gasteiger partial charge in [0.25, 0.3) is 0 Å². The van der Waals surface area contributed by atoms with Crippen LogP contribution in [0.4, 0.5) is 5.69 Å². The fourth-order valence-corrected chi connectivity index (χ4v) is 2.80. The number of rotatable bonds is 2. The van der Waals surface area contributed by atoms with Crippen LogP contribution in [0.1, 0.15) is 41.7 Å². The molecule has 0 bridgehead atoms. The summed E-state index contributed by atoms with van der Waals surface area (Å²) >= 11 is 0. The smallest absolute Gasteiger partial charge is 0.0731 e. The van der Waals surface area contributed by atoms with Gasteiger partial charge < -0.3 is 5.73 Å². The van der Waals surface area contributed by atoms with Gasteiger partial charge in [0.05, 0.1) is 5.52 Å². The van der Waals surface area contributed by atoms with Gasteiger partial charge in [0.15, 0.2) is 0 Å². The number of nitrogen functional groups attached to an aromatic ring is 1. The first-order valence-electron chi connectivity index (χ1n) is 8.94. The average Bonchev–Trinajstić information content (AvgIpc) is 2.67. The van der Waals surface area contributed by atoms with Gasteiger partial charge in [0.1, 0.15) is 0 Å². The third kappa shape index (κ3) is 4.82. The van der Waals surface area contributed by atoms with Crippen LogP contribution in [-0.2, 0) is 0 Å². The Balaban J connectivity index is 0.000000239. The zero-order valence-corrected chi connectivity index (χ0v) is 16.6. The molecule has 2 N–H and O–H groups in total. The third-order valence-corrected chi connectivity index (χ3v) is 4.11. The van der Waals surface area contributed by atoms with Crippen molar-refractivity contribution in [3.63, 3.8) is 0 Å². The van der Waals surface area contributed by atoms with E-state index < -0.39 is 0 Å². The van der Waals surface area contributed by atoms with Gasteiger partial charge in [-0.15, -0.1) is 0 Å². The Morgan fingerprint density at radius 2 is 1.46 bits per heavy atom. The van der Waals surface area contributed by atoms with E-state index in [9.17, 15) is 0 Å². The molecule has 136 valence electrons. The fourth-order valence-electron chi connectivity index (χ4n) is 2.80. The van der Waals surface area contributed by atoms with Gasteiger partial charge >= 0.3 is 0 Å². The summed E-state index contributed by atoms with van der Waals surface area (Å²) in [6, 6.07) is 12.3. The number of fused-ring (bicyclic) bond motifs is 1. The number of aryl methyl sites for hydroxylation is 3. The SMILES string of the molecule is C=Cc1c(C)cc(C)c(N)c1C=C.CC.Cc1cccc2cccnc12. The van der Waals surface area contributed by atoms with E-state index in [4.69, 9.17) is 5.73 Å². The number of nitrogens with zero attached hydrogens (tertiary/aromatic N) is 1. The molecule has 0 aliphatic heterocycles. The summed E-state index contributed by atoms with van der Waals surface area (Å²) in [4.78, 5) is 4.28. The molecule has 0 fully saturated rings. The van der Waals surface area contributed by atoms with E-state index in [1.807, 2.05) is 39.1 Å². The fraction of sp³-hybridized carbons (Fsp3) is 0.208. The Labute approximate surface area is 158 Å². The van der Waals surface area contributed by atoms with Crippen molar-refractivity contribution in [2.45, 2.75) is 34.6 Å². The van der Waals surface area contributed by atoms with Crippen LogP contribution in [0.15, 0.2) is 55.8 Å². The highest BCUT2D eigenvalue weighted by Gasteiger charge is 2.06. The summed E-state index contributed by atoms with van der Waals surface area (Å²) in [6.45, 7) is 17.7. The van der Waals surface area contributed by atoms with Crippen LogP contribution in [-0.4, -0.2) is 4.98 Å². The molecule has 1 heterocycles. The molecule has 0 atom stereocenters. The molecule has 0 aliphatic rings. The van der Waals surface area contributed by atoms with E-state index >= 15 is 0 Å². The number of benzene rings is 2. The lowest BCUT2D eigenvalue weighted by Gasteiger charge is -2.11. The van der Waals surface area contributed by atoms with Crippen molar-refractivity contribution in [3.05, 3.63) is 83.6 Å². The van der Waals surface area contributed by atoms with Crippen molar-refractivity contribution < 1.29 is 0 Å². The van der Waals surface area contributed by atoms with E-state index in [0.717, 1.165) is 27.9 Å². The van der Waals surface area contributed by atoms with Crippen LogP contribution in [0, 0.1) is 20.8 Å². The largest absolute Gasteiger partial charge is 0.398 e. The van der Waals surface area contributed by atoms with Crippen LogP contribution in [0.25, 0.3) is 23.1 Å². The number of para-hydroxylation sites is 1. The van der Waals surface area contributed by atoms with Crippen molar-refractivity contribution >= 4 is 28.7 Å². The molecule has 0 radical (unpaired) electrons. The van der Waals surface area contributed by atoms with Crippen LogP contribution >= 0.6 is 0 Å². The molecular weight excluding hydrogens is 316 g/mol. The monoisotopic (exact) mass is 346 g/mol. The summed E-state index contributed by atoms with van der Waals surface area (Å²) in [5.41, 5.74) is 13.4. The number of aromatic nitrogens is 1. The van der Waals surface area contributed by atoms with Crippen molar-refractivity contribution in [1.29, 1.82) is 0 Å². The Morgan fingerprint density at radius 3 is 2.04 bits per heavy atom. The molecule has 1 aromatic heterocycles. The molecule has 3 rings (SSSR count). The average molecular weight is 347 g/mol. The maximum Gasteiger partial charge on any atom is 0.0731 e. The van der Waals surface area contributed by atoms with E-state index in [1.54, 1.807) is 6.08 Å². The van der Waals surface area contributed by atoms with Crippen molar-refractivity contribution in [2.75, 3.05) is 5.73 Å². The summed E-state index contributed by atoms with van der Waals surface area (Å²) in [5.74, 6) is 0. The van der Waals surface area contributed by atoms with E-state index in [2.05, 4.69) is 62.3 Å². The minimum atomic E-state index is 0.801. The lowest BCUT2D eigenvalue weighted by molar-refractivity contribution is 1.36. The van der Waals surface area contributed by atoms with Crippen LogP contribution in [0.2, 0.25) is 0 Å². The van der Waals surface area contributed by atoms with E-state index in [-0.39, 0.29) is 0 Å². The molecule has 2 nitrogen and oxygen atoms in total. The molecule has 26 heavy (non-hydrogen) atoms. The normalized spacial score (nSPS) is 9.42. The Hall–Kier alpha value is -2.87. The number of anilines is 1. The minimum Gasteiger partial charge on any atom is -0.398 e. The molecule has 0 spiro atoms. The predicted octanol–water partition coefficient (Wildman–Crippen LogP) is 6.74. The molecule has 0 amide bonds. The van der Waals surface area contributed by atoms with Gasteiger partial charge in [-0.2, -0.15) is 0 Å².